The Morgan fingerprint density at radius 1 is 1.36 bits per heavy atom. The number of hydrogen-bond donors (Lipinski definition) is 1. The molecule has 6 heteroatoms. The van der Waals surface area contributed by atoms with Gasteiger partial charge < -0.3 is 9.84 Å². The van der Waals surface area contributed by atoms with Crippen molar-refractivity contribution >= 4 is 28.3 Å². The molecule has 3 heterocycles. The number of nitrogens with one attached hydrogen (secondary N) is 1. The molecule has 0 bridgehead atoms. The predicted octanol–water partition coefficient (Wildman–Crippen LogP) is 4.57. The van der Waals surface area contributed by atoms with Gasteiger partial charge in [-0.1, -0.05) is 31.0 Å². The van der Waals surface area contributed by atoms with Gasteiger partial charge in [-0.25, -0.2) is 4.98 Å². The molecule has 0 aromatic carbocycles. The lowest BCUT2D eigenvalue weighted by molar-refractivity contribution is 0.0912. The molecule has 3 aromatic heterocycles. The van der Waals surface area contributed by atoms with Crippen molar-refractivity contribution in [3.05, 3.63) is 34.8 Å². The van der Waals surface area contributed by atoms with Crippen molar-refractivity contribution in [1.82, 2.24) is 15.5 Å². The number of pyridine rings is 1. The van der Waals surface area contributed by atoms with Crippen LogP contribution < -0.4 is 5.32 Å². The van der Waals surface area contributed by atoms with Crippen LogP contribution in [0.3, 0.4) is 0 Å². The second kappa shape index (κ2) is 6.59. The first-order valence-electron chi connectivity index (χ1n) is 8.75. The average molecular weight is 355 g/mol. The molecule has 0 aliphatic heterocycles. The number of carbonyl (C=O) groups excluding carboxylic acids is 1. The normalized spacial score (nSPS) is 20.7. The van der Waals surface area contributed by atoms with Crippen molar-refractivity contribution in [3.8, 4) is 10.6 Å². The Kier molecular flexibility index (Phi) is 4.29. The SMILES string of the molecule is Cc1noc2nc(-c3cccs3)cc(C(=O)N[C@@H]3CCCC[C@@H]3C)c12. The summed E-state index contributed by atoms with van der Waals surface area (Å²) in [5.41, 5.74) is 2.47. The highest BCUT2D eigenvalue weighted by atomic mass is 32.1. The fourth-order valence-electron chi connectivity index (χ4n) is 3.60. The van der Waals surface area contributed by atoms with Crippen LogP contribution in [-0.2, 0) is 0 Å². The van der Waals surface area contributed by atoms with E-state index in [1.54, 1.807) is 11.3 Å². The van der Waals surface area contributed by atoms with E-state index in [0.717, 1.165) is 17.0 Å². The minimum absolute atomic E-state index is 0.0599. The van der Waals surface area contributed by atoms with Crippen LogP contribution in [0.4, 0.5) is 0 Å². The third kappa shape index (κ3) is 3.06. The fourth-order valence-corrected chi connectivity index (χ4v) is 4.29. The first-order valence-corrected chi connectivity index (χ1v) is 9.63. The largest absolute Gasteiger partial charge is 0.349 e. The minimum atomic E-state index is -0.0599. The number of aryl methyl sites for hydroxylation is 1. The zero-order valence-corrected chi connectivity index (χ0v) is 15.2. The van der Waals surface area contributed by atoms with E-state index in [0.29, 0.717) is 28.3 Å². The highest BCUT2D eigenvalue weighted by molar-refractivity contribution is 7.13. The average Bonchev–Trinajstić information content (AvgIpc) is 3.26. The van der Waals surface area contributed by atoms with E-state index >= 15 is 0 Å². The maximum Gasteiger partial charge on any atom is 0.259 e. The Bertz CT molecular complexity index is 901. The first kappa shape index (κ1) is 16.3. The van der Waals surface area contributed by atoms with Gasteiger partial charge in [0.1, 0.15) is 0 Å². The lowest BCUT2D eigenvalue weighted by Gasteiger charge is -2.29. The maximum atomic E-state index is 13.0. The molecule has 130 valence electrons. The van der Waals surface area contributed by atoms with E-state index in [-0.39, 0.29) is 11.9 Å². The molecule has 4 rings (SSSR count). The van der Waals surface area contributed by atoms with Crippen LogP contribution in [-0.4, -0.2) is 22.1 Å². The number of amides is 1. The molecule has 0 spiro atoms. The molecule has 0 radical (unpaired) electrons. The summed E-state index contributed by atoms with van der Waals surface area (Å²) in [4.78, 5) is 18.6. The van der Waals surface area contributed by atoms with E-state index in [4.69, 9.17) is 4.52 Å². The fraction of sp³-hybridized carbons (Fsp3) is 0.421. The zero-order chi connectivity index (χ0) is 17.4. The van der Waals surface area contributed by atoms with Crippen LogP contribution in [0.5, 0.6) is 0 Å². The summed E-state index contributed by atoms with van der Waals surface area (Å²) in [5, 5.41) is 9.95. The number of thiophene rings is 1. The monoisotopic (exact) mass is 355 g/mol. The Labute approximate surface area is 150 Å². The maximum absolute atomic E-state index is 13.0. The summed E-state index contributed by atoms with van der Waals surface area (Å²) < 4.78 is 5.35. The molecule has 1 aliphatic carbocycles. The summed E-state index contributed by atoms with van der Waals surface area (Å²) in [6.45, 7) is 4.06. The molecule has 3 aromatic rings. The highest BCUT2D eigenvalue weighted by Gasteiger charge is 2.26. The van der Waals surface area contributed by atoms with Crippen molar-refractivity contribution in [2.24, 2.45) is 5.92 Å². The standard InChI is InChI=1S/C19H21N3O2S/c1-11-6-3-4-7-14(11)20-18(23)13-10-15(16-8-5-9-25-16)21-19-17(13)12(2)22-24-19/h5,8-11,14H,3-4,6-7H2,1-2H3,(H,20,23)/t11-,14+/m0/s1. The molecule has 2 atom stereocenters. The molecule has 0 unspecified atom stereocenters. The Morgan fingerprint density at radius 3 is 2.96 bits per heavy atom. The van der Waals surface area contributed by atoms with E-state index in [2.05, 4.69) is 22.4 Å². The van der Waals surface area contributed by atoms with Gasteiger partial charge in [-0.15, -0.1) is 11.3 Å². The third-order valence-electron chi connectivity index (χ3n) is 5.06. The van der Waals surface area contributed by atoms with E-state index in [1.807, 2.05) is 30.5 Å². The van der Waals surface area contributed by atoms with E-state index in [1.165, 1.54) is 19.3 Å². The van der Waals surface area contributed by atoms with Crippen molar-refractivity contribution in [1.29, 1.82) is 0 Å². The third-order valence-corrected chi connectivity index (χ3v) is 5.96. The number of nitrogens with zero attached hydrogens (tertiary/aromatic N) is 2. The highest BCUT2D eigenvalue weighted by Crippen LogP contribution is 2.30. The van der Waals surface area contributed by atoms with Gasteiger partial charge in [0.05, 0.1) is 27.2 Å². The lowest BCUT2D eigenvalue weighted by atomic mass is 9.86. The Morgan fingerprint density at radius 2 is 2.20 bits per heavy atom. The van der Waals surface area contributed by atoms with Gasteiger partial charge >= 0.3 is 0 Å². The molecule has 25 heavy (non-hydrogen) atoms. The van der Waals surface area contributed by atoms with Gasteiger partial charge in [0.2, 0.25) is 0 Å². The van der Waals surface area contributed by atoms with E-state index < -0.39 is 0 Å². The quantitative estimate of drug-likeness (QED) is 0.747. The van der Waals surface area contributed by atoms with Crippen molar-refractivity contribution in [2.75, 3.05) is 0 Å². The molecule has 1 N–H and O–H groups in total. The summed E-state index contributed by atoms with van der Waals surface area (Å²) in [7, 11) is 0. The molecular weight excluding hydrogens is 334 g/mol. The summed E-state index contributed by atoms with van der Waals surface area (Å²) in [6.07, 6.45) is 4.64. The van der Waals surface area contributed by atoms with Crippen molar-refractivity contribution in [3.63, 3.8) is 0 Å². The number of fused-ring (bicyclic) bond motifs is 1. The summed E-state index contributed by atoms with van der Waals surface area (Å²) in [5.74, 6) is 0.450. The molecule has 1 amide bonds. The first-order chi connectivity index (χ1) is 12.1. The molecule has 5 nitrogen and oxygen atoms in total. The van der Waals surface area contributed by atoms with Gasteiger partial charge in [0.25, 0.3) is 11.6 Å². The minimum Gasteiger partial charge on any atom is -0.349 e. The Balaban J connectivity index is 1.74. The second-order valence-corrected chi connectivity index (χ2v) is 7.77. The van der Waals surface area contributed by atoms with Crippen LogP contribution in [0.1, 0.15) is 48.7 Å². The molecular formula is C19H21N3O2S. The topological polar surface area (TPSA) is 68.0 Å². The zero-order valence-electron chi connectivity index (χ0n) is 14.4. The number of carbonyl (C=O) groups is 1. The second-order valence-electron chi connectivity index (χ2n) is 6.82. The van der Waals surface area contributed by atoms with Crippen LogP contribution in [0, 0.1) is 12.8 Å². The summed E-state index contributed by atoms with van der Waals surface area (Å²) >= 11 is 1.59. The van der Waals surface area contributed by atoms with Crippen LogP contribution in [0.15, 0.2) is 28.1 Å². The number of aromatic nitrogens is 2. The molecule has 1 aliphatic rings. The van der Waals surface area contributed by atoms with Crippen molar-refractivity contribution < 1.29 is 9.32 Å². The van der Waals surface area contributed by atoms with Gasteiger partial charge in [-0.2, -0.15) is 0 Å². The van der Waals surface area contributed by atoms with E-state index in [9.17, 15) is 4.79 Å². The number of hydrogen-bond acceptors (Lipinski definition) is 5. The molecule has 1 fully saturated rings. The van der Waals surface area contributed by atoms with Gasteiger partial charge in [-0.05, 0) is 43.2 Å². The number of rotatable bonds is 3. The summed E-state index contributed by atoms with van der Waals surface area (Å²) in [6, 6.07) is 6.06. The lowest BCUT2D eigenvalue weighted by Crippen LogP contribution is -2.41. The van der Waals surface area contributed by atoms with Gasteiger partial charge in [-0.3, -0.25) is 4.79 Å². The van der Waals surface area contributed by atoms with Gasteiger partial charge in [0.15, 0.2) is 0 Å². The smallest absolute Gasteiger partial charge is 0.259 e. The van der Waals surface area contributed by atoms with Crippen LogP contribution in [0.2, 0.25) is 0 Å². The van der Waals surface area contributed by atoms with Crippen LogP contribution >= 0.6 is 11.3 Å². The molecule has 1 saturated carbocycles. The van der Waals surface area contributed by atoms with Crippen LogP contribution in [0.25, 0.3) is 21.7 Å². The predicted molar refractivity (Wildman–Crippen MR) is 98.7 cm³/mol. The molecule has 0 saturated heterocycles. The van der Waals surface area contributed by atoms with Crippen molar-refractivity contribution in [2.45, 2.75) is 45.6 Å². The van der Waals surface area contributed by atoms with Gasteiger partial charge in [0, 0.05) is 6.04 Å². The Hall–Kier alpha value is -2.21.